The van der Waals surface area contributed by atoms with E-state index in [4.69, 9.17) is 0 Å². The Kier molecular flexibility index (Phi) is 7.29. The second-order valence-corrected chi connectivity index (χ2v) is 13.3. The van der Waals surface area contributed by atoms with Crippen LogP contribution in [-0.2, 0) is 0 Å². The maximum atomic E-state index is 9.92. The van der Waals surface area contributed by atoms with Crippen LogP contribution in [0.5, 0.6) is 0 Å². The molecule has 4 N–H and O–H groups in total. The van der Waals surface area contributed by atoms with Gasteiger partial charge in [-0.1, -0.05) is 39.4 Å². The summed E-state index contributed by atoms with van der Waals surface area (Å²) >= 11 is 0. The van der Waals surface area contributed by atoms with Crippen LogP contribution in [0.25, 0.3) is 0 Å². The molecule has 1 saturated heterocycles. The lowest BCUT2D eigenvalue weighted by atomic mass is 9.94. The molecule has 0 radical (unpaired) electrons. The molecule has 126 valence electrons. The number of piperidine rings is 1. The molecule has 21 heavy (non-hydrogen) atoms. The number of aliphatic hydroxyl groups is 4. The molecule has 6 heteroatoms. The minimum absolute atomic E-state index is 0.198. The van der Waals surface area contributed by atoms with E-state index in [1.54, 1.807) is 0 Å². The molecular formula is C15H33NO4Si. The summed E-state index contributed by atoms with van der Waals surface area (Å²) < 4.78 is 0. The van der Waals surface area contributed by atoms with Crippen molar-refractivity contribution in [1.29, 1.82) is 0 Å². The molecule has 1 aliphatic heterocycles. The largest absolute Gasteiger partial charge is 0.395 e. The van der Waals surface area contributed by atoms with Crippen molar-refractivity contribution in [3.63, 3.8) is 0 Å². The minimum atomic E-state index is -1.16. The number of nitrogens with zero attached hydrogens (tertiary/aromatic N) is 1. The summed E-state index contributed by atoms with van der Waals surface area (Å²) in [6.45, 7) is 10.3. The van der Waals surface area contributed by atoms with E-state index >= 15 is 0 Å². The molecule has 5 nitrogen and oxygen atoms in total. The monoisotopic (exact) mass is 319 g/mol. The summed E-state index contributed by atoms with van der Waals surface area (Å²) in [5, 5.41) is 38.7. The Labute approximate surface area is 129 Å². The number of unbranched alkanes of at least 4 members (excludes halogenated alkanes) is 1. The first-order valence-electron chi connectivity index (χ1n) is 8.07. The van der Waals surface area contributed by atoms with E-state index in [0.29, 0.717) is 6.54 Å². The Morgan fingerprint density at radius 1 is 1.10 bits per heavy atom. The van der Waals surface area contributed by atoms with Crippen LogP contribution in [-0.4, -0.2) is 77.5 Å². The maximum absolute atomic E-state index is 9.92. The lowest BCUT2D eigenvalue weighted by Gasteiger charge is -2.43. The van der Waals surface area contributed by atoms with Gasteiger partial charge in [0.05, 0.1) is 18.8 Å². The van der Waals surface area contributed by atoms with E-state index in [2.05, 4.69) is 26.6 Å². The molecule has 2 unspecified atom stereocenters. The molecule has 1 rings (SSSR count). The average molecular weight is 320 g/mol. The zero-order valence-electron chi connectivity index (χ0n) is 13.9. The van der Waals surface area contributed by atoms with Crippen LogP contribution in [0.1, 0.15) is 26.2 Å². The fraction of sp³-hybridized carbons (Fsp3) is 1.00. The van der Waals surface area contributed by atoms with Crippen molar-refractivity contribution >= 4 is 8.07 Å². The van der Waals surface area contributed by atoms with Crippen LogP contribution in [0.3, 0.4) is 0 Å². The van der Waals surface area contributed by atoms with Crippen LogP contribution in [0.15, 0.2) is 0 Å². The van der Waals surface area contributed by atoms with Gasteiger partial charge in [0.25, 0.3) is 0 Å². The Hall–Kier alpha value is 0.0169. The highest BCUT2D eigenvalue weighted by Gasteiger charge is 2.40. The Bertz CT molecular complexity index is 311. The quantitative estimate of drug-likeness (QED) is 0.409. The van der Waals surface area contributed by atoms with Crippen molar-refractivity contribution in [3.05, 3.63) is 0 Å². The number of β-amino-alcohol motifs (C(OH)–C–C–N with tert-alkyl or cyclic N) is 1. The maximum Gasteiger partial charge on any atom is 0.109 e. The SMILES string of the molecule is CC(CCCCN1C[C@H](O)[C@@H](O)[C@H](O)C1CO)[Si](C)(C)C. The lowest BCUT2D eigenvalue weighted by molar-refractivity contribution is -0.145. The highest BCUT2D eigenvalue weighted by Crippen LogP contribution is 2.27. The molecule has 0 aromatic carbocycles. The molecule has 0 amide bonds. The minimum Gasteiger partial charge on any atom is -0.395 e. The third kappa shape index (κ3) is 5.30. The van der Waals surface area contributed by atoms with Crippen molar-refractivity contribution in [2.24, 2.45) is 0 Å². The van der Waals surface area contributed by atoms with Gasteiger partial charge in [-0.25, -0.2) is 0 Å². The van der Waals surface area contributed by atoms with Gasteiger partial charge in [0.15, 0.2) is 0 Å². The van der Waals surface area contributed by atoms with Crippen molar-refractivity contribution in [2.45, 2.75) is 75.7 Å². The van der Waals surface area contributed by atoms with Gasteiger partial charge >= 0.3 is 0 Å². The number of hydrogen-bond donors (Lipinski definition) is 4. The fourth-order valence-corrected chi connectivity index (χ4v) is 3.90. The van der Waals surface area contributed by atoms with Crippen LogP contribution < -0.4 is 0 Å². The Balaban J connectivity index is 2.40. The molecular weight excluding hydrogens is 286 g/mol. The molecule has 1 fully saturated rings. The smallest absolute Gasteiger partial charge is 0.109 e. The molecule has 0 aromatic rings. The number of hydrogen-bond acceptors (Lipinski definition) is 5. The van der Waals surface area contributed by atoms with Crippen molar-refractivity contribution in [3.8, 4) is 0 Å². The van der Waals surface area contributed by atoms with E-state index in [1.807, 2.05) is 4.90 Å². The fourth-order valence-electron chi connectivity index (χ4n) is 2.83. The van der Waals surface area contributed by atoms with Crippen LogP contribution in [0, 0.1) is 0 Å². The number of rotatable bonds is 7. The summed E-state index contributed by atoms with van der Waals surface area (Å²) in [5.41, 5.74) is 0.783. The molecule has 0 aromatic heterocycles. The molecule has 0 spiro atoms. The Morgan fingerprint density at radius 3 is 2.24 bits per heavy atom. The lowest BCUT2D eigenvalue weighted by Crippen LogP contribution is -2.62. The standard InChI is InChI=1S/C15H33NO4Si/c1-11(21(2,3)4)7-5-6-8-16-9-13(18)15(20)14(19)12(16)10-17/h11-15,17-20H,5-10H2,1-4H3/t11?,12?,13-,14+,15+/m0/s1. The summed E-state index contributed by atoms with van der Waals surface area (Å²) in [6, 6.07) is -0.474. The first-order chi connectivity index (χ1) is 9.68. The molecule has 1 aliphatic rings. The highest BCUT2D eigenvalue weighted by molar-refractivity contribution is 6.77. The third-order valence-corrected chi connectivity index (χ3v) is 8.27. The van der Waals surface area contributed by atoms with E-state index < -0.39 is 32.4 Å². The van der Waals surface area contributed by atoms with Gasteiger partial charge in [-0.3, -0.25) is 4.90 Å². The van der Waals surface area contributed by atoms with Gasteiger partial charge in [0, 0.05) is 14.6 Å². The summed E-state index contributed by atoms with van der Waals surface area (Å²) in [5.74, 6) is 0. The third-order valence-electron chi connectivity index (χ3n) is 5.03. The second kappa shape index (κ2) is 8.03. The predicted molar refractivity (Wildman–Crippen MR) is 87.1 cm³/mol. The first-order valence-corrected chi connectivity index (χ1v) is 11.6. The predicted octanol–water partition coefficient (Wildman–Crippen LogP) is 0.644. The van der Waals surface area contributed by atoms with E-state index in [-0.39, 0.29) is 6.61 Å². The average Bonchev–Trinajstić information content (AvgIpc) is 2.40. The van der Waals surface area contributed by atoms with Crippen molar-refractivity contribution in [2.75, 3.05) is 19.7 Å². The Morgan fingerprint density at radius 2 is 1.71 bits per heavy atom. The topological polar surface area (TPSA) is 84.2 Å². The summed E-state index contributed by atoms with van der Waals surface area (Å²) in [6.07, 6.45) is 0.130. The molecule has 1 heterocycles. The van der Waals surface area contributed by atoms with Gasteiger partial charge in [-0.05, 0) is 18.5 Å². The molecule has 0 saturated carbocycles. The summed E-state index contributed by atoms with van der Waals surface area (Å²) in [4.78, 5) is 1.90. The second-order valence-electron chi connectivity index (χ2n) is 7.56. The van der Waals surface area contributed by atoms with Gasteiger partial charge in [-0.15, -0.1) is 0 Å². The van der Waals surface area contributed by atoms with Crippen LogP contribution in [0.2, 0.25) is 25.2 Å². The van der Waals surface area contributed by atoms with Crippen molar-refractivity contribution in [1.82, 2.24) is 4.90 Å². The van der Waals surface area contributed by atoms with Crippen molar-refractivity contribution < 1.29 is 20.4 Å². The molecule has 5 atom stereocenters. The molecule has 0 aliphatic carbocycles. The zero-order chi connectivity index (χ0) is 16.2. The highest BCUT2D eigenvalue weighted by atomic mass is 28.3. The van der Waals surface area contributed by atoms with E-state index in [0.717, 1.165) is 24.9 Å². The van der Waals surface area contributed by atoms with E-state index in [9.17, 15) is 20.4 Å². The normalized spacial score (nSPS) is 33.1. The summed E-state index contributed by atoms with van der Waals surface area (Å²) in [7, 11) is -1.07. The van der Waals surface area contributed by atoms with Gasteiger partial charge < -0.3 is 20.4 Å². The van der Waals surface area contributed by atoms with Crippen LogP contribution >= 0.6 is 0 Å². The van der Waals surface area contributed by atoms with Gasteiger partial charge in [0.1, 0.15) is 12.2 Å². The molecule has 0 bridgehead atoms. The van der Waals surface area contributed by atoms with Gasteiger partial charge in [-0.2, -0.15) is 0 Å². The number of likely N-dealkylation sites (tertiary alicyclic amines) is 1. The van der Waals surface area contributed by atoms with E-state index in [1.165, 1.54) is 6.42 Å². The first kappa shape index (κ1) is 19.1. The zero-order valence-corrected chi connectivity index (χ0v) is 14.9. The van der Waals surface area contributed by atoms with Gasteiger partial charge in [0.2, 0.25) is 0 Å². The number of aliphatic hydroxyl groups excluding tert-OH is 4. The van der Waals surface area contributed by atoms with Crippen LogP contribution in [0.4, 0.5) is 0 Å².